The topological polar surface area (TPSA) is 80.8 Å². The van der Waals surface area contributed by atoms with Crippen molar-refractivity contribution in [2.45, 2.75) is 19.4 Å². The Bertz CT molecular complexity index is 818. The number of para-hydroxylation sites is 1. The van der Waals surface area contributed by atoms with E-state index in [0.717, 1.165) is 5.56 Å². The van der Waals surface area contributed by atoms with Crippen LogP contribution in [-0.4, -0.2) is 49.0 Å². The molecule has 2 aromatic rings. The Kier molecular flexibility index (Phi) is 6.47. The number of rotatable bonds is 6. The van der Waals surface area contributed by atoms with Crippen LogP contribution in [0.25, 0.3) is 0 Å². The van der Waals surface area contributed by atoms with Crippen molar-refractivity contribution in [3.63, 3.8) is 0 Å². The second kappa shape index (κ2) is 9.21. The molecule has 0 bridgehead atoms. The van der Waals surface area contributed by atoms with Crippen LogP contribution in [0.3, 0.4) is 0 Å². The summed E-state index contributed by atoms with van der Waals surface area (Å²) < 4.78 is 10.6. The van der Waals surface area contributed by atoms with Crippen LogP contribution in [0.1, 0.15) is 28.8 Å². The molecule has 0 saturated carbocycles. The molecule has 0 aliphatic carbocycles. The third kappa shape index (κ3) is 4.42. The van der Waals surface area contributed by atoms with Gasteiger partial charge in [0.15, 0.2) is 11.5 Å². The minimum atomic E-state index is -0.107. The molecule has 148 valence electrons. The smallest absolute Gasteiger partial charge is 0.257 e. The lowest BCUT2D eigenvalue weighted by Gasteiger charge is -2.31. The van der Waals surface area contributed by atoms with Crippen LogP contribution in [0.5, 0.6) is 11.5 Å². The highest BCUT2D eigenvalue weighted by atomic mass is 16.5. The molecule has 2 heterocycles. The number of methoxy groups -OCH3 is 2. The van der Waals surface area contributed by atoms with Gasteiger partial charge >= 0.3 is 0 Å². The molecule has 0 atom stereocenters. The standard InChI is InChI=1S/C21H25N3O4/c1-27-18-7-3-6-17(19(18)28-2)21(26)24-11-8-16(9-12-24)20(25)23-14-15-5-4-10-22-13-15/h3-7,10,13,16H,8-9,11-12,14H2,1-2H3,(H,23,25). The first-order valence-corrected chi connectivity index (χ1v) is 9.31. The Morgan fingerprint density at radius 1 is 1.14 bits per heavy atom. The third-order valence-electron chi connectivity index (χ3n) is 4.98. The molecule has 7 nitrogen and oxygen atoms in total. The number of hydrogen-bond donors (Lipinski definition) is 1. The summed E-state index contributed by atoms with van der Waals surface area (Å²) in [5, 5.41) is 2.96. The third-order valence-corrected chi connectivity index (χ3v) is 4.98. The van der Waals surface area contributed by atoms with E-state index in [1.807, 2.05) is 12.1 Å². The Labute approximate surface area is 164 Å². The van der Waals surface area contributed by atoms with Gasteiger partial charge < -0.3 is 19.7 Å². The summed E-state index contributed by atoms with van der Waals surface area (Å²) in [4.78, 5) is 31.2. The number of carbonyl (C=O) groups excluding carboxylic acids is 2. The second-order valence-corrected chi connectivity index (χ2v) is 6.69. The van der Waals surface area contributed by atoms with Gasteiger partial charge in [0.25, 0.3) is 5.91 Å². The fraction of sp³-hybridized carbons (Fsp3) is 0.381. The number of nitrogens with one attached hydrogen (secondary N) is 1. The zero-order valence-electron chi connectivity index (χ0n) is 16.2. The normalized spacial score (nSPS) is 14.4. The van der Waals surface area contributed by atoms with Gasteiger partial charge in [0.1, 0.15) is 0 Å². The Morgan fingerprint density at radius 2 is 1.93 bits per heavy atom. The van der Waals surface area contributed by atoms with E-state index in [0.29, 0.717) is 49.5 Å². The fourth-order valence-electron chi connectivity index (χ4n) is 3.41. The van der Waals surface area contributed by atoms with Crippen molar-refractivity contribution in [1.29, 1.82) is 0 Å². The number of piperidine rings is 1. The van der Waals surface area contributed by atoms with Crippen LogP contribution < -0.4 is 14.8 Å². The molecule has 1 aliphatic rings. The summed E-state index contributed by atoms with van der Waals surface area (Å²) in [6.45, 7) is 1.53. The molecule has 1 aromatic heterocycles. The van der Waals surface area contributed by atoms with Crippen molar-refractivity contribution in [2.75, 3.05) is 27.3 Å². The molecular formula is C21H25N3O4. The van der Waals surface area contributed by atoms with Crippen LogP contribution in [0.4, 0.5) is 0 Å². The van der Waals surface area contributed by atoms with Gasteiger partial charge in [-0.05, 0) is 36.6 Å². The van der Waals surface area contributed by atoms with Crippen molar-refractivity contribution in [1.82, 2.24) is 15.2 Å². The van der Waals surface area contributed by atoms with Gasteiger partial charge in [-0.25, -0.2) is 0 Å². The molecule has 2 amide bonds. The number of hydrogen-bond acceptors (Lipinski definition) is 5. The SMILES string of the molecule is COc1cccc(C(=O)N2CCC(C(=O)NCc3cccnc3)CC2)c1OC. The summed E-state index contributed by atoms with van der Waals surface area (Å²) in [6.07, 6.45) is 4.71. The monoisotopic (exact) mass is 383 g/mol. The molecule has 7 heteroatoms. The van der Waals surface area contributed by atoms with Crippen LogP contribution in [-0.2, 0) is 11.3 Å². The highest BCUT2D eigenvalue weighted by Crippen LogP contribution is 2.32. The molecule has 1 aromatic carbocycles. The van der Waals surface area contributed by atoms with Crippen molar-refractivity contribution in [3.05, 3.63) is 53.9 Å². The van der Waals surface area contributed by atoms with Gasteiger partial charge in [-0.15, -0.1) is 0 Å². The summed E-state index contributed by atoms with van der Waals surface area (Å²) >= 11 is 0. The highest BCUT2D eigenvalue weighted by Gasteiger charge is 2.29. The average Bonchev–Trinajstić information content (AvgIpc) is 2.77. The van der Waals surface area contributed by atoms with E-state index in [2.05, 4.69) is 10.3 Å². The number of nitrogens with zero attached hydrogens (tertiary/aromatic N) is 2. The maximum atomic E-state index is 12.9. The molecule has 28 heavy (non-hydrogen) atoms. The number of pyridine rings is 1. The minimum absolute atomic E-state index is 0.0231. The lowest BCUT2D eigenvalue weighted by atomic mass is 9.95. The quantitative estimate of drug-likeness (QED) is 0.828. The number of aromatic nitrogens is 1. The lowest BCUT2D eigenvalue weighted by Crippen LogP contribution is -2.43. The molecule has 0 spiro atoms. The molecule has 3 rings (SSSR count). The van der Waals surface area contributed by atoms with Crippen LogP contribution in [0.2, 0.25) is 0 Å². The van der Waals surface area contributed by atoms with Gasteiger partial charge in [0.2, 0.25) is 5.91 Å². The summed E-state index contributed by atoms with van der Waals surface area (Å²) in [5.74, 6) is 0.789. The minimum Gasteiger partial charge on any atom is -0.493 e. The van der Waals surface area contributed by atoms with Gasteiger partial charge in [-0.2, -0.15) is 0 Å². The van der Waals surface area contributed by atoms with E-state index in [9.17, 15) is 9.59 Å². The zero-order valence-corrected chi connectivity index (χ0v) is 16.2. The van der Waals surface area contributed by atoms with Crippen molar-refractivity contribution in [3.8, 4) is 11.5 Å². The largest absolute Gasteiger partial charge is 0.493 e. The van der Waals surface area contributed by atoms with E-state index in [4.69, 9.17) is 9.47 Å². The second-order valence-electron chi connectivity index (χ2n) is 6.69. The number of benzene rings is 1. The predicted octanol–water partition coefficient (Wildman–Crippen LogP) is 2.27. The van der Waals surface area contributed by atoms with Crippen molar-refractivity contribution >= 4 is 11.8 Å². The van der Waals surface area contributed by atoms with E-state index in [1.54, 1.807) is 42.6 Å². The Balaban J connectivity index is 1.56. The molecule has 0 radical (unpaired) electrons. The van der Waals surface area contributed by atoms with Crippen LogP contribution >= 0.6 is 0 Å². The first-order chi connectivity index (χ1) is 13.6. The molecule has 0 unspecified atom stereocenters. The maximum Gasteiger partial charge on any atom is 0.257 e. The fourth-order valence-corrected chi connectivity index (χ4v) is 3.41. The molecule has 1 fully saturated rings. The Hall–Kier alpha value is -3.09. The van der Waals surface area contributed by atoms with Gasteiger partial charge in [0.05, 0.1) is 19.8 Å². The Morgan fingerprint density at radius 3 is 2.57 bits per heavy atom. The highest BCUT2D eigenvalue weighted by molar-refractivity contribution is 5.98. The summed E-state index contributed by atoms with van der Waals surface area (Å²) in [6, 6.07) is 9.03. The van der Waals surface area contributed by atoms with E-state index in [-0.39, 0.29) is 17.7 Å². The summed E-state index contributed by atoms with van der Waals surface area (Å²) in [5.41, 5.74) is 1.44. The maximum absolute atomic E-state index is 12.9. The number of amides is 2. The van der Waals surface area contributed by atoms with E-state index in [1.165, 1.54) is 7.11 Å². The van der Waals surface area contributed by atoms with Crippen LogP contribution in [0.15, 0.2) is 42.7 Å². The van der Waals surface area contributed by atoms with Crippen LogP contribution in [0, 0.1) is 5.92 Å². The van der Waals surface area contributed by atoms with E-state index < -0.39 is 0 Å². The van der Waals surface area contributed by atoms with E-state index >= 15 is 0 Å². The summed E-state index contributed by atoms with van der Waals surface area (Å²) in [7, 11) is 3.06. The molecular weight excluding hydrogens is 358 g/mol. The first-order valence-electron chi connectivity index (χ1n) is 9.31. The van der Waals surface area contributed by atoms with Crippen molar-refractivity contribution < 1.29 is 19.1 Å². The first kappa shape index (κ1) is 19.7. The van der Waals surface area contributed by atoms with Crippen molar-refractivity contribution in [2.24, 2.45) is 5.92 Å². The predicted molar refractivity (Wildman–Crippen MR) is 104 cm³/mol. The molecule has 1 saturated heterocycles. The molecule has 1 N–H and O–H groups in total. The van der Waals surface area contributed by atoms with Gasteiger partial charge in [-0.1, -0.05) is 12.1 Å². The van der Waals surface area contributed by atoms with Gasteiger partial charge in [0, 0.05) is 37.9 Å². The molecule has 1 aliphatic heterocycles. The lowest BCUT2D eigenvalue weighted by molar-refractivity contribution is -0.126. The number of ether oxygens (including phenoxy) is 2. The number of carbonyl (C=O) groups is 2. The number of likely N-dealkylation sites (tertiary alicyclic amines) is 1. The van der Waals surface area contributed by atoms with Gasteiger partial charge in [-0.3, -0.25) is 14.6 Å². The average molecular weight is 383 g/mol. The zero-order chi connectivity index (χ0) is 19.9.